The number of nitroso groups, excluding NO2 is 1. The Morgan fingerprint density at radius 1 is 1.36 bits per heavy atom. The Hall–Kier alpha value is -1.55. The van der Waals surface area contributed by atoms with E-state index in [1.807, 2.05) is 31.2 Å². The van der Waals surface area contributed by atoms with Gasteiger partial charge in [0, 0.05) is 5.18 Å². The first-order valence-electron chi connectivity index (χ1n) is 4.29. The van der Waals surface area contributed by atoms with E-state index in [1.165, 1.54) is 0 Å². The average Bonchev–Trinajstić information content (AvgIpc) is 2.21. The molecule has 0 aliphatic carbocycles. The Labute approximate surface area is 83.2 Å². The van der Waals surface area contributed by atoms with Crippen LogP contribution in [0.1, 0.15) is 13.3 Å². The molecule has 1 atom stereocenters. The third-order valence-electron chi connectivity index (χ3n) is 1.46. The van der Waals surface area contributed by atoms with E-state index >= 15 is 0 Å². The number of carbonyl (C=O) groups excluding carboxylic acids is 1. The van der Waals surface area contributed by atoms with Crippen molar-refractivity contribution in [3.8, 4) is 0 Å². The summed E-state index contributed by atoms with van der Waals surface area (Å²) in [5.74, 6) is -0.813. The number of hydrogen-bond acceptors (Lipinski definition) is 3. The van der Waals surface area contributed by atoms with Crippen molar-refractivity contribution in [3.05, 3.63) is 41.4 Å². The quantitative estimate of drug-likeness (QED) is 0.534. The zero-order valence-electron chi connectivity index (χ0n) is 8.09. The van der Waals surface area contributed by atoms with Crippen LogP contribution in [0, 0.1) is 4.91 Å². The van der Waals surface area contributed by atoms with E-state index in [0.717, 1.165) is 0 Å². The van der Waals surface area contributed by atoms with Gasteiger partial charge in [-0.05, 0) is 13.3 Å². The smallest absolute Gasteiger partial charge is 0.303 e. The maximum absolute atomic E-state index is 10.6. The fourth-order valence-corrected chi connectivity index (χ4v) is 0.712. The highest BCUT2D eigenvalue weighted by atomic mass is 16.3. The lowest BCUT2D eigenvalue weighted by atomic mass is 10.2. The number of hydrogen-bond donors (Lipinski definition) is 1. The molecule has 2 N–H and O–H groups in total. The monoisotopic (exact) mass is 194 g/mol. The summed E-state index contributed by atoms with van der Waals surface area (Å²) in [5, 5.41) is 2.24. The molecule has 0 radical (unpaired) electrons. The van der Waals surface area contributed by atoms with Gasteiger partial charge in [0.15, 0.2) is 0 Å². The van der Waals surface area contributed by atoms with Gasteiger partial charge in [0.1, 0.15) is 0 Å². The number of nitrogens with zero attached hydrogens (tertiary/aromatic N) is 1. The summed E-state index contributed by atoms with van der Waals surface area (Å²) < 4.78 is 0. The fourth-order valence-electron chi connectivity index (χ4n) is 0.712. The largest absolute Gasteiger partial charge is 0.319 e. The van der Waals surface area contributed by atoms with E-state index in [1.54, 1.807) is 12.2 Å². The minimum Gasteiger partial charge on any atom is -0.319 e. The van der Waals surface area contributed by atoms with E-state index in [9.17, 15) is 9.70 Å². The van der Waals surface area contributed by atoms with Crippen LogP contribution in [0.25, 0.3) is 0 Å². The Bertz CT molecular complexity index is 267. The lowest BCUT2D eigenvalue weighted by molar-refractivity contribution is -0.119. The van der Waals surface area contributed by atoms with Crippen LogP contribution in [0.4, 0.5) is 0 Å². The van der Waals surface area contributed by atoms with E-state index in [0.29, 0.717) is 6.42 Å². The van der Waals surface area contributed by atoms with Crippen LogP contribution in [0.15, 0.2) is 41.6 Å². The molecule has 0 aromatic carbocycles. The van der Waals surface area contributed by atoms with Crippen molar-refractivity contribution in [1.82, 2.24) is 0 Å². The van der Waals surface area contributed by atoms with Crippen LogP contribution >= 0.6 is 0 Å². The number of amides is 1. The molecule has 0 aliphatic heterocycles. The summed E-state index contributed by atoms with van der Waals surface area (Å²) in [6, 6.07) is -0.820. The highest BCUT2D eigenvalue weighted by Gasteiger charge is 2.10. The third kappa shape index (κ3) is 6.02. The zero-order chi connectivity index (χ0) is 10.8. The molecule has 0 saturated carbocycles. The van der Waals surface area contributed by atoms with Crippen molar-refractivity contribution < 1.29 is 4.79 Å². The van der Waals surface area contributed by atoms with Crippen LogP contribution in [0.3, 0.4) is 0 Å². The Kier molecular flexibility index (Phi) is 7.17. The first-order valence-corrected chi connectivity index (χ1v) is 4.29. The lowest BCUT2D eigenvalue weighted by Gasteiger charge is -1.98. The minimum absolute atomic E-state index is 0.324. The Morgan fingerprint density at radius 3 is 2.57 bits per heavy atom. The van der Waals surface area contributed by atoms with Gasteiger partial charge >= 0.3 is 5.91 Å². The molecular formula is C10H14N2O2. The van der Waals surface area contributed by atoms with Gasteiger partial charge in [-0.2, -0.15) is 0 Å². The highest BCUT2D eigenvalue weighted by Crippen LogP contribution is 1.93. The SMILES string of the molecule is C\C=C/C=C\C=C\CC(N)C(=O)N=O. The van der Waals surface area contributed by atoms with Crippen LogP contribution in [-0.4, -0.2) is 11.9 Å². The molecule has 0 aliphatic rings. The summed E-state index contributed by atoms with van der Waals surface area (Å²) in [6.45, 7) is 1.92. The lowest BCUT2D eigenvalue weighted by Crippen LogP contribution is -2.27. The Balaban J connectivity index is 3.81. The average molecular weight is 194 g/mol. The van der Waals surface area contributed by atoms with Crippen LogP contribution in [0.2, 0.25) is 0 Å². The molecule has 0 spiro atoms. The molecular weight excluding hydrogens is 180 g/mol. The molecule has 0 rings (SSSR count). The first kappa shape index (κ1) is 12.4. The van der Waals surface area contributed by atoms with Gasteiger partial charge in [-0.1, -0.05) is 36.5 Å². The second-order valence-electron chi connectivity index (χ2n) is 2.61. The van der Waals surface area contributed by atoms with Crippen LogP contribution < -0.4 is 5.73 Å². The summed E-state index contributed by atoms with van der Waals surface area (Å²) in [4.78, 5) is 20.4. The molecule has 1 amide bonds. The molecule has 4 nitrogen and oxygen atoms in total. The van der Waals surface area contributed by atoms with Crippen molar-refractivity contribution in [2.75, 3.05) is 0 Å². The van der Waals surface area contributed by atoms with Crippen molar-refractivity contribution in [2.45, 2.75) is 19.4 Å². The maximum Gasteiger partial charge on any atom is 0.303 e. The Morgan fingerprint density at radius 2 is 2.00 bits per heavy atom. The molecule has 14 heavy (non-hydrogen) atoms. The molecule has 0 bridgehead atoms. The second kappa shape index (κ2) is 8.07. The number of rotatable bonds is 5. The standard InChI is InChI=1S/C10H14N2O2/c1-2-3-4-5-6-7-8-9(11)10(13)12-14/h2-7,9H,8,11H2,1H3/b3-2-,5-4-,7-6+. The van der Waals surface area contributed by atoms with Crippen molar-refractivity contribution in [2.24, 2.45) is 10.9 Å². The van der Waals surface area contributed by atoms with Crippen LogP contribution in [0.5, 0.6) is 0 Å². The fraction of sp³-hybridized carbons (Fsp3) is 0.300. The normalized spacial score (nSPS) is 14.1. The van der Waals surface area contributed by atoms with Gasteiger partial charge in [-0.3, -0.25) is 4.79 Å². The third-order valence-corrected chi connectivity index (χ3v) is 1.46. The van der Waals surface area contributed by atoms with Crippen molar-refractivity contribution in [3.63, 3.8) is 0 Å². The number of carbonyl (C=O) groups is 1. The van der Waals surface area contributed by atoms with Gasteiger partial charge in [0.2, 0.25) is 0 Å². The number of allylic oxidation sites excluding steroid dienone is 5. The van der Waals surface area contributed by atoms with Crippen molar-refractivity contribution >= 4 is 5.91 Å². The summed E-state index contributed by atoms with van der Waals surface area (Å²) in [6.07, 6.45) is 11.2. The minimum atomic E-state index is -0.820. The highest BCUT2D eigenvalue weighted by molar-refractivity contribution is 5.82. The molecule has 4 heteroatoms. The molecule has 76 valence electrons. The zero-order valence-corrected chi connectivity index (χ0v) is 8.09. The molecule has 1 unspecified atom stereocenters. The van der Waals surface area contributed by atoms with E-state index in [4.69, 9.17) is 5.73 Å². The van der Waals surface area contributed by atoms with Gasteiger partial charge < -0.3 is 5.73 Å². The van der Waals surface area contributed by atoms with E-state index < -0.39 is 11.9 Å². The molecule has 0 aromatic heterocycles. The summed E-state index contributed by atoms with van der Waals surface area (Å²) in [5.41, 5.74) is 5.34. The predicted octanol–water partition coefficient (Wildman–Crippen LogP) is 1.69. The maximum atomic E-state index is 10.6. The predicted molar refractivity (Wildman–Crippen MR) is 56.5 cm³/mol. The summed E-state index contributed by atoms with van der Waals surface area (Å²) >= 11 is 0. The van der Waals surface area contributed by atoms with E-state index in [-0.39, 0.29) is 0 Å². The second-order valence-corrected chi connectivity index (χ2v) is 2.61. The van der Waals surface area contributed by atoms with Gasteiger partial charge in [0.05, 0.1) is 6.04 Å². The topological polar surface area (TPSA) is 72.5 Å². The van der Waals surface area contributed by atoms with Gasteiger partial charge in [-0.25, -0.2) is 0 Å². The first-order chi connectivity index (χ1) is 6.72. The van der Waals surface area contributed by atoms with Gasteiger partial charge in [0.25, 0.3) is 0 Å². The molecule has 0 heterocycles. The number of nitrogens with two attached hydrogens (primary N) is 1. The van der Waals surface area contributed by atoms with Crippen molar-refractivity contribution in [1.29, 1.82) is 0 Å². The van der Waals surface area contributed by atoms with Crippen LogP contribution in [-0.2, 0) is 4.79 Å². The summed E-state index contributed by atoms with van der Waals surface area (Å²) in [7, 11) is 0. The molecule has 0 fully saturated rings. The molecule has 0 saturated heterocycles. The van der Waals surface area contributed by atoms with E-state index in [2.05, 4.69) is 5.18 Å². The molecule has 0 aromatic rings. The van der Waals surface area contributed by atoms with Gasteiger partial charge in [-0.15, -0.1) is 4.91 Å².